The quantitative estimate of drug-likeness (QED) is 0.296. The number of nitrogens with zero attached hydrogens (tertiary/aromatic N) is 2. The van der Waals surface area contributed by atoms with Crippen LogP contribution in [0.1, 0.15) is 46.1 Å². The fraction of sp³-hybridized carbons (Fsp3) is 0.571. The Morgan fingerprint density at radius 1 is 1.21 bits per heavy atom. The van der Waals surface area contributed by atoms with Crippen molar-refractivity contribution >= 4 is 47.4 Å². The van der Waals surface area contributed by atoms with Crippen molar-refractivity contribution in [3.8, 4) is 0 Å². The first kappa shape index (κ1) is 25.2. The molecule has 1 heterocycles. The van der Waals surface area contributed by atoms with E-state index in [1.54, 1.807) is 0 Å². The molecule has 2 rings (SSSR count). The van der Waals surface area contributed by atoms with E-state index in [9.17, 15) is 9.59 Å². The Balaban J connectivity index is 0.00000420. The van der Waals surface area contributed by atoms with Crippen molar-refractivity contribution in [2.45, 2.75) is 53.1 Å². The Morgan fingerprint density at radius 2 is 1.90 bits per heavy atom. The van der Waals surface area contributed by atoms with E-state index in [0.29, 0.717) is 13.0 Å². The smallest absolute Gasteiger partial charge is 0.226 e. The first-order chi connectivity index (χ1) is 13.4. The molecule has 3 N–H and O–H groups in total. The molecule has 0 spiro atoms. The molecule has 1 aromatic carbocycles. The van der Waals surface area contributed by atoms with Crippen molar-refractivity contribution in [1.82, 2.24) is 15.5 Å². The minimum atomic E-state index is -0.0443. The highest BCUT2D eigenvalue weighted by Crippen LogP contribution is 2.13. The molecular weight excluding hydrogens is 481 g/mol. The number of benzene rings is 1. The number of carbonyl (C=O) groups is 2. The van der Waals surface area contributed by atoms with Crippen molar-refractivity contribution in [3.63, 3.8) is 0 Å². The standard InChI is InChI=1S/C21H33N5O2.HI/c1-5-19(27)26-12-11-18(14-26)25-21(22-6-2)23-13-16-7-9-17(10-8-16)24-20(28)15(3)4;/h7-10,15,18H,5-6,11-14H2,1-4H3,(H,24,28)(H2,22,23,25);1H. The van der Waals surface area contributed by atoms with Crippen LogP contribution in [0.15, 0.2) is 29.3 Å². The SMILES string of the molecule is CCNC(=NCc1ccc(NC(=O)C(C)C)cc1)NC1CCN(C(=O)CC)C1.I. The minimum Gasteiger partial charge on any atom is -0.357 e. The van der Waals surface area contributed by atoms with Gasteiger partial charge < -0.3 is 20.9 Å². The second kappa shape index (κ2) is 12.7. The summed E-state index contributed by atoms with van der Waals surface area (Å²) >= 11 is 0. The number of carbonyl (C=O) groups excluding carboxylic acids is 2. The summed E-state index contributed by atoms with van der Waals surface area (Å²) in [5, 5.41) is 9.59. The molecule has 0 bridgehead atoms. The molecule has 1 aliphatic rings. The first-order valence-corrected chi connectivity index (χ1v) is 10.1. The molecule has 1 aromatic rings. The molecule has 0 radical (unpaired) electrons. The maximum absolute atomic E-state index is 11.8. The third kappa shape index (κ3) is 8.20. The molecule has 7 nitrogen and oxygen atoms in total. The molecule has 29 heavy (non-hydrogen) atoms. The number of likely N-dealkylation sites (tertiary alicyclic amines) is 1. The van der Waals surface area contributed by atoms with Crippen LogP contribution in [-0.4, -0.2) is 48.3 Å². The van der Waals surface area contributed by atoms with Crippen LogP contribution in [0.4, 0.5) is 5.69 Å². The van der Waals surface area contributed by atoms with Crippen LogP contribution in [0, 0.1) is 5.92 Å². The number of aliphatic imine (C=N–C) groups is 1. The summed E-state index contributed by atoms with van der Waals surface area (Å²) < 4.78 is 0. The number of guanidine groups is 1. The van der Waals surface area contributed by atoms with E-state index in [0.717, 1.165) is 43.3 Å². The van der Waals surface area contributed by atoms with Crippen LogP contribution in [0.3, 0.4) is 0 Å². The topological polar surface area (TPSA) is 85.8 Å². The molecule has 1 aliphatic heterocycles. The Kier molecular flexibility index (Phi) is 11.0. The van der Waals surface area contributed by atoms with Gasteiger partial charge in [-0.05, 0) is 31.0 Å². The van der Waals surface area contributed by atoms with Crippen LogP contribution in [-0.2, 0) is 16.1 Å². The molecule has 0 aromatic heterocycles. The molecule has 0 saturated carbocycles. The number of anilines is 1. The summed E-state index contributed by atoms with van der Waals surface area (Å²) in [7, 11) is 0. The lowest BCUT2D eigenvalue weighted by Crippen LogP contribution is -2.45. The fourth-order valence-electron chi connectivity index (χ4n) is 2.99. The van der Waals surface area contributed by atoms with Gasteiger partial charge in [0.2, 0.25) is 11.8 Å². The van der Waals surface area contributed by atoms with E-state index >= 15 is 0 Å². The van der Waals surface area contributed by atoms with E-state index in [2.05, 4.69) is 20.9 Å². The van der Waals surface area contributed by atoms with Gasteiger partial charge in [-0.25, -0.2) is 4.99 Å². The molecule has 1 unspecified atom stereocenters. The van der Waals surface area contributed by atoms with Gasteiger partial charge >= 0.3 is 0 Å². The zero-order valence-corrected chi connectivity index (χ0v) is 20.2. The lowest BCUT2D eigenvalue weighted by atomic mass is 10.1. The van der Waals surface area contributed by atoms with Gasteiger partial charge in [-0.15, -0.1) is 24.0 Å². The summed E-state index contributed by atoms with van der Waals surface area (Å²) in [5.41, 5.74) is 1.86. The van der Waals surface area contributed by atoms with Crippen LogP contribution in [0.2, 0.25) is 0 Å². The van der Waals surface area contributed by atoms with Gasteiger partial charge in [-0.3, -0.25) is 9.59 Å². The monoisotopic (exact) mass is 515 g/mol. The second-order valence-electron chi connectivity index (χ2n) is 7.36. The largest absolute Gasteiger partial charge is 0.357 e. The van der Waals surface area contributed by atoms with Crippen molar-refractivity contribution < 1.29 is 9.59 Å². The highest BCUT2D eigenvalue weighted by atomic mass is 127. The molecule has 0 aliphatic carbocycles. The number of amides is 2. The van der Waals surface area contributed by atoms with Gasteiger partial charge in [-0.1, -0.05) is 32.9 Å². The zero-order valence-electron chi connectivity index (χ0n) is 17.8. The van der Waals surface area contributed by atoms with Crippen molar-refractivity contribution in [2.75, 3.05) is 25.0 Å². The summed E-state index contributed by atoms with van der Waals surface area (Å²) in [6.45, 7) is 10.5. The maximum atomic E-state index is 11.8. The predicted molar refractivity (Wildman–Crippen MR) is 129 cm³/mol. The average molecular weight is 515 g/mol. The van der Waals surface area contributed by atoms with Crippen molar-refractivity contribution in [1.29, 1.82) is 0 Å². The lowest BCUT2D eigenvalue weighted by molar-refractivity contribution is -0.129. The summed E-state index contributed by atoms with van der Waals surface area (Å²) in [6.07, 6.45) is 1.48. The van der Waals surface area contributed by atoms with Crippen LogP contribution in [0.25, 0.3) is 0 Å². The minimum absolute atomic E-state index is 0. The zero-order chi connectivity index (χ0) is 20.5. The molecule has 1 atom stereocenters. The van der Waals surface area contributed by atoms with E-state index in [-0.39, 0.29) is 47.8 Å². The van der Waals surface area contributed by atoms with Crippen LogP contribution in [0.5, 0.6) is 0 Å². The number of hydrogen-bond donors (Lipinski definition) is 3. The maximum Gasteiger partial charge on any atom is 0.226 e. The highest BCUT2D eigenvalue weighted by molar-refractivity contribution is 14.0. The van der Waals surface area contributed by atoms with Gasteiger partial charge in [0.15, 0.2) is 5.96 Å². The van der Waals surface area contributed by atoms with E-state index in [1.165, 1.54) is 0 Å². The number of hydrogen-bond acceptors (Lipinski definition) is 3. The first-order valence-electron chi connectivity index (χ1n) is 10.1. The third-order valence-corrected chi connectivity index (χ3v) is 4.69. The van der Waals surface area contributed by atoms with Crippen LogP contribution < -0.4 is 16.0 Å². The van der Waals surface area contributed by atoms with Crippen molar-refractivity contribution in [2.24, 2.45) is 10.9 Å². The van der Waals surface area contributed by atoms with Gasteiger partial charge in [-0.2, -0.15) is 0 Å². The second-order valence-corrected chi connectivity index (χ2v) is 7.36. The molecule has 8 heteroatoms. The highest BCUT2D eigenvalue weighted by Gasteiger charge is 2.25. The van der Waals surface area contributed by atoms with Crippen molar-refractivity contribution in [3.05, 3.63) is 29.8 Å². The summed E-state index contributed by atoms with van der Waals surface area (Å²) in [4.78, 5) is 30.2. The van der Waals surface area contributed by atoms with Crippen LogP contribution >= 0.6 is 24.0 Å². The molecule has 162 valence electrons. The number of halogens is 1. The molecule has 1 saturated heterocycles. The van der Waals surface area contributed by atoms with E-state index in [1.807, 2.05) is 56.9 Å². The van der Waals surface area contributed by atoms with Gasteiger partial charge in [0.1, 0.15) is 0 Å². The average Bonchev–Trinajstić information content (AvgIpc) is 3.15. The predicted octanol–water partition coefficient (Wildman–Crippen LogP) is 2.97. The van der Waals surface area contributed by atoms with E-state index in [4.69, 9.17) is 0 Å². The number of rotatable bonds is 7. The van der Waals surface area contributed by atoms with Gasteiger partial charge in [0.25, 0.3) is 0 Å². The number of nitrogens with one attached hydrogen (secondary N) is 3. The fourth-order valence-corrected chi connectivity index (χ4v) is 2.99. The Labute approximate surface area is 191 Å². The molecule has 2 amide bonds. The van der Waals surface area contributed by atoms with Gasteiger partial charge in [0.05, 0.1) is 6.54 Å². The summed E-state index contributed by atoms with van der Waals surface area (Å²) in [5.74, 6) is 0.931. The molecular formula is C21H34IN5O2. The van der Waals surface area contributed by atoms with Gasteiger partial charge in [0, 0.05) is 43.7 Å². The summed E-state index contributed by atoms with van der Waals surface area (Å²) in [6, 6.07) is 7.97. The lowest BCUT2D eigenvalue weighted by Gasteiger charge is -2.18. The molecule has 1 fully saturated rings. The Hall–Kier alpha value is -1.84. The normalized spacial score (nSPS) is 16.4. The van der Waals surface area contributed by atoms with E-state index < -0.39 is 0 Å². The third-order valence-electron chi connectivity index (χ3n) is 4.69. The Morgan fingerprint density at radius 3 is 2.48 bits per heavy atom. The Bertz CT molecular complexity index is 691.